The number of nitrogens with two attached hydrogens (primary N) is 1. The lowest BCUT2D eigenvalue weighted by atomic mass is 10.1. The van der Waals surface area contributed by atoms with Crippen LogP contribution in [0.15, 0.2) is 47.4 Å². The van der Waals surface area contributed by atoms with Crippen LogP contribution in [0.2, 0.25) is 0 Å². The van der Waals surface area contributed by atoms with Gasteiger partial charge >= 0.3 is 29.6 Å². The van der Waals surface area contributed by atoms with Crippen LogP contribution < -0.4 is 16.9 Å². The molecule has 3 heterocycles. The van der Waals surface area contributed by atoms with E-state index in [0.717, 1.165) is 4.57 Å². The van der Waals surface area contributed by atoms with Crippen LogP contribution in [-0.2, 0) is 38.2 Å². The quantitative estimate of drug-likeness (QED) is 0.210. The Morgan fingerprint density at radius 2 is 1.80 bits per heavy atom. The minimum atomic E-state index is -1.26. The Labute approximate surface area is 196 Å². The number of esters is 3. The van der Waals surface area contributed by atoms with E-state index in [2.05, 4.69) is 10.5 Å². The maximum atomic E-state index is 12.6. The largest absolute Gasteiger partial charge is 0.459 e. The Balaban J connectivity index is 1.50. The fraction of sp³-hybridized carbons (Fsp3) is 0.333. The average molecular weight is 488 g/mol. The highest BCUT2D eigenvalue weighted by atomic mass is 16.7. The lowest BCUT2D eigenvalue weighted by molar-refractivity contribution is -0.195. The first kappa shape index (κ1) is 23.8. The van der Waals surface area contributed by atoms with E-state index in [9.17, 15) is 24.0 Å². The van der Waals surface area contributed by atoms with Crippen LogP contribution in [0.5, 0.6) is 0 Å². The van der Waals surface area contributed by atoms with Crippen molar-refractivity contribution in [3.8, 4) is 0 Å². The van der Waals surface area contributed by atoms with Crippen LogP contribution in [0.3, 0.4) is 0 Å². The van der Waals surface area contributed by atoms with Gasteiger partial charge < -0.3 is 29.5 Å². The fourth-order valence-electron chi connectivity index (χ4n) is 3.35. The third kappa shape index (κ3) is 5.12. The molecule has 2 aliphatic heterocycles. The van der Waals surface area contributed by atoms with E-state index >= 15 is 0 Å². The molecule has 35 heavy (non-hydrogen) atoms. The number of nitrogens with zero attached hydrogens (tertiary/aromatic N) is 2. The highest BCUT2D eigenvalue weighted by Gasteiger charge is 2.55. The summed E-state index contributed by atoms with van der Waals surface area (Å²) in [7, 11) is 0. The molecule has 0 spiro atoms. The summed E-state index contributed by atoms with van der Waals surface area (Å²) in [5, 5.41) is 0. The van der Waals surface area contributed by atoms with Gasteiger partial charge in [0.25, 0.3) is 0 Å². The molecule has 184 valence electrons. The molecule has 14 nitrogen and oxygen atoms in total. The van der Waals surface area contributed by atoms with E-state index in [1.165, 1.54) is 19.2 Å². The summed E-state index contributed by atoms with van der Waals surface area (Å²) >= 11 is 0. The van der Waals surface area contributed by atoms with Gasteiger partial charge in [0.1, 0.15) is 18.8 Å². The molecule has 0 radical (unpaired) electrons. The monoisotopic (exact) mass is 488 g/mol. The summed E-state index contributed by atoms with van der Waals surface area (Å²) in [5.41, 5.74) is 7.01. The molecular formula is C21H20N4O10. The number of hydrogen-bond donors (Lipinski definition) is 2. The number of fused-ring (bicyclic) bond motifs is 1. The van der Waals surface area contributed by atoms with Gasteiger partial charge in [-0.1, -0.05) is 18.2 Å². The highest BCUT2D eigenvalue weighted by molar-refractivity contribution is 6.30. The van der Waals surface area contributed by atoms with Gasteiger partial charge in [-0.25, -0.2) is 29.5 Å². The zero-order chi connectivity index (χ0) is 25.1. The molecular weight excluding hydrogens is 468 g/mol. The standard InChI is InChI=1S/C21H20N4O10/c1-10(22)17(26)35-24-13-7-8-25(21(30)23-13)16-15-14(33-19(28)20(29)34-15)12(32-16)9-31-18(27)11-5-3-2-4-6-11/h2-8,10,12,14-16H,9,22H2,1H3,(H,23,24,30)/t10-,12+,14?,15?,16+/m0/s1. The van der Waals surface area contributed by atoms with E-state index in [0.29, 0.717) is 5.56 Å². The van der Waals surface area contributed by atoms with E-state index in [-0.39, 0.29) is 12.4 Å². The third-order valence-electron chi connectivity index (χ3n) is 5.06. The zero-order valence-electron chi connectivity index (χ0n) is 18.2. The number of ether oxygens (including phenoxy) is 4. The van der Waals surface area contributed by atoms with E-state index in [1.807, 2.05) is 0 Å². The van der Waals surface area contributed by atoms with Crippen LogP contribution in [0.1, 0.15) is 23.5 Å². The SMILES string of the molecule is C[C@H](N)C(=O)ONc1ccn([C@@H]2O[C@H](COC(=O)c3ccccc3)C3OC(=O)C(=O)OC32)c(=O)n1. The molecule has 5 atom stereocenters. The second-order valence-corrected chi connectivity index (χ2v) is 7.58. The molecule has 4 rings (SSSR count). The predicted octanol–water partition coefficient (Wildman–Crippen LogP) is -0.948. The first-order valence-electron chi connectivity index (χ1n) is 10.4. The Morgan fingerprint density at radius 3 is 2.46 bits per heavy atom. The third-order valence-corrected chi connectivity index (χ3v) is 5.06. The highest BCUT2D eigenvalue weighted by Crippen LogP contribution is 2.35. The molecule has 0 saturated carbocycles. The summed E-state index contributed by atoms with van der Waals surface area (Å²) in [5.74, 6) is -4.03. The Bertz CT molecular complexity index is 1200. The maximum absolute atomic E-state index is 12.6. The Kier molecular flexibility index (Phi) is 6.75. The number of rotatable bonds is 7. The molecule has 2 saturated heterocycles. The van der Waals surface area contributed by atoms with Gasteiger partial charge in [0, 0.05) is 12.3 Å². The van der Waals surface area contributed by atoms with Gasteiger partial charge in [-0.15, -0.1) is 0 Å². The molecule has 2 aromatic rings. The molecule has 1 aromatic heterocycles. The van der Waals surface area contributed by atoms with Crippen LogP contribution in [0.25, 0.3) is 0 Å². The van der Waals surface area contributed by atoms with E-state index in [4.69, 9.17) is 29.5 Å². The maximum Gasteiger partial charge on any atom is 0.418 e. The van der Waals surface area contributed by atoms with Crippen molar-refractivity contribution in [3.05, 3.63) is 58.6 Å². The first-order chi connectivity index (χ1) is 16.7. The van der Waals surface area contributed by atoms with Gasteiger partial charge in [0.2, 0.25) is 0 Å². The number of benzene rings is 1. The van der Waals surface area contributed by atoms with Gasteiger partial charge in [0.15, 0.2) is 24.3 Å². The van der Waals surface area contributed by atoms with Crippen molar-refractivity contribution in [3.63, 3.8) is 0 Å². The molecule has 3 N–H and O–H groups in total. The molecule has 0 bridgehead atoms. The number of carbonyl (C=O) groups is 4. The number of carbonyl (C=O) groups excluding carboxylic acids is 4. The van der Waals surface area contributed by atoms with Crippen molar-refractivity contribution in [2.75, 3.05) is 12.1 Å². The van der Waals surface area contributed by atoms with Crippen LogP contribution in [0.4, 0.5) is 5.82 Å². The lowest BCUT2D eigenvalue weighted by Gasteiger charge is -2.28. The van der Waals surface area contributed by atoms with Gasteiger partial charge in [0.05, 0.1) is 5.56 Å². The van der Waals surface area contributed by atoms with Crippen molar-refractivity contribution in [2.45, 2.75) is 37.5 Å². The second kappa shape index (κ2) is 9.90. The van der Waals surface area contributed by atoms with Gasteiger partial charge in [-0.3, -0.25) is 4.57 Å². The van der Waals surface area contributed by atoms with Crippen LogP contribution in [-0.4, -0.2) is 64.4 Å². The number of anilines is 1. The number of nitrogens with one attached hydrogen (secondary N) is 1. The predicted molar refractivity (Wildman–Crippen MR) is 112 cm³/mol. The summed E-state index contributed by atoms with van der Waals surface area (Å²) < 4.78 is 22.3. The van der Waals surface area contributed by atoms with E-state index < -0.39 is 60.1 Å². The second-order valence-electron chi connectivity index (χ2n) is 7.58. The average Bonchev–Trinajstić information content (AvgIpc) is 3.18. The van der Waals surface area contributed by atoms with E-state index in [1.54, 1.807) is 30.3 Å². The first-order valence-corrected chi connectivity index (χ1v) is 10.4. The Hall–Kier alpha value is -4.30. The minimum Gasteiger partial charge on any atom is -0.459 e. The van der Waals surface area contributed by atoms with Gasteiger partial charge in [-0.05, 0) is 19.1 Å². The van der Waals surface area contributed by atoms with Crippen LogP contribution in [0, 0.1) is 0 Å². The number of aromatic nitrogens is 2. The molecule has 2 fully saturated rings. The van der Waals surface area contributed by atoms with Crippen molar-refractivity contribution < 1.29 is 43.0 Å². The van der Waals surface area contributed by atoms with Gasteiger partial charge in [-0.2, -0.15) is 4.98 Å². The summed E-state index contributed by atoms with van der Waals surface area (Å²) in [6, 6.07) is 8.55. The summed E-state index contributed by atoms with van der Waals surface area (Å²) in [6.07, 6.45) is -3.42. The normalized spacial score (nSPS) is 23.9. The Morgan fingerprint density at radius 1 is 1.11 bits per heavy atom. The molecule has 0 aliphatic carbocycles. The van der Waals surface area contributed by atoms with Crippen molar-refractivity contribution in [2.24, 2.45) is 5.73 Å². The van der Waals surface area contributed by atoms with Crippen molar-refractivity contribution >= 4 is 29.7 Å². The van der Waals surface area contributed by atoms with Crippen molar-refractivity contribution in [1.29, 1.82) is 0 Å². The fourth-order valence-corrected chi connectivity index (χ4v) is 3.35. The minimum absolute atomic E-state index is 0.102. The molecule has 1 aromatic carbocycles. The smallest absolute Gasteiger partial charge is 0.418 e. The lowest BCUT2D eigenvalue weighted by Crippen LogP contribution is -2.48. The molecule has 2 aliphatic rings. The molecule has 0 amide bonds. The molecule has 14 heteroatoms. The summed E-state index contributed by atoms with van der Waals surface area (Å²) in [4.78, 5) is 68.4. The summed E-state index contributed by atoms with van der Waals surface area (Å²) in [6.45, 7) is 1.06. The topological polar surface area (TPSA) is 187 Å². The van der Waals surface area contributed by atoms with Crippen molar-refractivity contribution in [1.82, 2.24) is 9.55 Å². The zero-order valence-corrected chi connectivity index (χ0v) is 18.2. The van der Waals surface area contributed by atoms with Crippen LogP contribution >= 0.6 is 0 Å². The number of hydrogen-bond acceptors (Lipinski definition) is 13. The molecule has 2 unspecified atom stereocenters.